The van der Waals surface area contributed by atoms with E-state index in [0.717, 1.165) is 18.5 Å². The molecule has 0 radical (unpaired) electrons. The number of hydrogen-bond donors (Lipinski definition) is 1. The van der Waals surface area contributed by atoms with Crippen molar-refractivity contribution in [2.24, 2.45) is 0 Å². The Morgan fingerprint density at radius 3 is 2.42 bits per heavy atom. The zero-order valence-electron chi connectivity index (χ0n) is 10.9. The third-order valence-corrected chi connectivity index (χ3v) is 3.88. The van der Waals surface area contributed by atoms with Crippen LogP contribution in [0.15, 0.2) is 48.5 Å². The van der Waals surface area contributed by atoms with E-state index in [2.05, 4.69) is 36.5 Å². The van der Waals surface area contributed by atoms with Crippen molar-refractivity contribution in [1.29, 1.82) is 0 Å². The molecule has 1 N–H and O–H groups in total. The molecule has 0 heterocycles. The molecule has 1 nitrogen and oxygen atoms in total. The average molecular weight is 294 g/mol. The Morgan fingerprint density at radius 1 is 1.00 bits per heavy atom. The molecule has 2 aromatic rings. The van der Waals surface area contributed by atoms with Crippen LogP contribution in [0.3, 0.4) is 0 Å². The summed E-state index contributed by atoms with van der Waals surface area (Å²) in [6, 6.07) is 16.3. The standard InChI is InChI=1S/C16H17Cl2N/c1-2-7-14(12-8-4-3-5-9-12)19-15-11-6-10-13(17)16(15)18/h3-6,8-11,14,19H,2,7H2,1H3. The van der Waals surface area contributed by atoms with Gasteiger partial charge in [-0.1, -0.05) is 72.9 Å². The number of benzene rings is 2. The molecule has 0 aliphatic heterocycles. The molecule has 2 rings (SSSR count). The van der Waals surface area contributed by atoms with Gasteiger partial charge in [-0.05, 0) is 24.1 Å². The third-order valence-electron chi connectivity index (χ3n) is 3.06. The molecule has 0 saturated carbocycles. The molecular weight excluding hydrogens is 277 g/mol. The fourth-order valence-corrected chi connectivity index (χ4v) is 2.45. The summed E-state index contributed by atoms with van der Waals surface area (Å²) >= 11 is 12.3. The summed E-state index contributed by atoms with van der Waals surface area (Å²) < 4.78 is 0. The maximum atomic E-state index is 6.23. The van der Waals surface area contributed by atoms with Crippen molar-refractivity contribution in [3.8, 4) is 0 Å². The first-order valence-corrected chi connectivity index (χ1v) is 7.23. The SMILES string of the molecule is CCCC(Nc1cccc(Cl)c1Cl)c1ccccc1. The van der Waals surface area contributed by atoms with Crippen LogP contribution in [0.2, 0.25) is 10.0 Å². The molecule has 3 heteroatoms. The quantitative estimate of drug-likeness (QED) is 0.718. The van der Waals surface area contributed by atoms with Crippen LogP contribution < -0.4 is 5.32 Å². The predicted molar refractivity (Wildman–Crippen MR) is 84.2 cm³/mol. The van der Waals surface area contributed by atoms with E-state index in [1.54, 1.807) is 6.07 Å². The van der Waals surface area contributed by atoms with Gasteiger partial charge in [0.2, 0.25) is 0 Å². The van der Waals surface area contributed by atoms with E-state index >= 15 is 0 Å². The topological polar surface area (TPSA) is 12.0 Å². The van der Waals surface area contributed by atoms with E-state index in [1.807, 2.05) is 18.2 Å². The minimum atomic E-state index is 0.252. The van der Waals surface area contributed by atoms with Gasteiger partial charge in [0, 0.05) is 0 Å². The van der Waals surface area contributed by atoms with Crippen LogP contribution in [-0.2, 0) is 0 Å². The van der Waals surface area contributed by atoms with E-state index in [9.17, 15) is 0 Å². The fraction of sp³-hybridized carbons (Fsp3) is 0.250. The summed E-state index contributed by atoms with van der Waals surface area (Å²) in [4.78, 5) is 0. The highest BCUT2D eigenvalue weighted by Crippen LogP contribution is 2.33. The van der Waals surface area contributed by atoms with Crippen molar-refractivity contribution < 1.29 is 0 Å². The summed E-state index contributed by atoms with van der Waals surface area (Å²) in [6.07, 6.45) is 2.15. The molecule has 0 bridgehead atoms. The second-order valence-corrected chi connectivity index (χ2v) is 5.28. The Balaban J connectivity index is 2.24. The third kappa shape index (κ3) is 3.65. The Labute approximate surface area is 124 Å². The summed E-state index contributed by atoms with van der Waals surface area (Å²) in [6.45, 7) is 2.18. The lowest BCUT2D eigenvalue weighted by molar-refractivity contribution is 0.678. The van der Waals surface area contributed by atoms with Gasteiger partial charge in [-0.2, -0.15) is 0 Å². The number of hydrogen-bond acceptors (Lipinski definition) is 1. The Kier molecular flexibility index (Phi) is 5.12. The highest BCUT2D eigenvalue weighted by atomic mass is 35.5. The number of nitrogens with one attached hydrogen (secondary N) is 1. The lowest BCUT2D eigenvalue weighted by atomic mass is 10.0. The Morgan fingerprint density at radius 2 is 1.74 bits per heavy atom. The van der Waals surface area contributed by atoms with E-state index in [-0.39, 0.29) is 6.04 Å². The number of anilines is 1. The van der Waals surface area contributed by atoms with Gasteiger partial charge in [-0.15, -0.1) is 0 Å². The first kappa shape index (κ1) is 14.2. The van der Waals surface area contributed by atoms with E-state index < -0.39 is 0 Å². The maximum absolute atomic E-state index is 6.23. The van der Waals surface area contributed by atoms with Gasteiger partial charge in [0.1, 0.15) is 0 Å². The highest BCUT2D eigenvalue weighted by Gasteiger charge is 2.12. The summed E-state index contributed by atoms with van der Waals surface area (Å²) in [7, 11) is 0. The normalized spacial score (nSPS) is 12.2. The molecule has 2 aromatic carbocycles. The molecule has 0 aliphatic rings. The second-order valence-electron chi connectivity index (χ2n) is 4.50. The lowest BCUT2D eigenvalue weighted by Crippen LogP contribution is -2.10. The Bertz CT molecular complexity index is 526. The maximum Gasteiger partial charge on any atom is 0.0823 e. The molecule has 0 spiro atoms. The van der Waals surface area contributed by atoms with Crippen molar-refractivity contribution in [3.63, 3.8) is 0 Å². The van der Waals surface area contributed by atoms with Crippen LogP contribution in [0.1, 0.15) is 31.4 Å². The van der Waals surface area contributed by atoms with Gasteiger partial charge in [0.05, 0.1) is 21.8 Å². The molecule has 1 unspecified atom stereocenters. The van der Waals surface area contributed by atoms with Crippen LogP contribution in [0.5, 0.6) is 0 Å². The monoisotopic (exact) mass is 293 g/mol. The summed E-state index contributed by atoms with van der Waals surface area (Å²) in [5.41, 5.74) is 2.15. The predicted octanol–water partition coefficient (Wildman–Crippen LogP) is 5.95. The Hall–Kier alpha value is -1.18. The van der Waals surface area contributed by atoms with Crippen molar-refractivity contribution in [3.05, 3.63) is 64.1 Å². The van der Waals surface area contributed by atoms with Crippen molar-refractivity contribution in [2.45, 2.75) is 25.8 Å². The average Bonchev–Trinajstić information content (AvgIpc) is 2.44. The van der Waals surface area contributed by atoms with E-state index in [0.29, 0.717) is 10.0 Å². The lowest BCUT2D eigenvalue weighted by Gasteiger charge is -2.21. The van der Waals surface area contributed by atoms with E-state index in [1.165, 1.54) is 5.56 Å². The minimum absolute atomic E-state index is 0.252. The van der Waals surface area contributed by atoms with Crippen LogP contribution in [0.4, 0.5) is 5.69 Å². The van der Waals surface area contributed by atoms with Crippen LogP contribution in [-0.4, -0.2) is 0 Å². The summed E-state index contributed by atoms with van der Waals surface area (Å²) in [5, 5.41) is 4.65. The largest absolute Gasteiger partial charge is 0.377 e. The second kappa shape index (κ2) is 6.83. The van der Waals surface area contributed by atoms with Crippen LogP contribution >= 0.6 is 23.2 Å². The van der Waals surface area contributed by atoms with Gasteiger partial charge in [0.25, 0.3) is 0 Å². The van der Waals surface area contributed by atoms with Crippen LogP contribution in [0.25, 0.3) is 0 Å². The van der Waals surface area contributed by atoms with Gasteiger partial charge < -0.3 is 5.32 Å². The minimum Gasteiger partial charge on any atom is -0.377 e. The molecule has 19 heavy (non-hydrogen) atoms. The number of halogens is 2. The van der Waals surface area contributed by atoms with Crippen LogP contribution in [0, 0.1) is 0 Å². The first-order valence-electron chi connectivity index (χ1n) is 6.48. The summed E-state index contributed by atoms with van der Waals surface area (Å²) in [5.74, 6) is 0. The molecule has 1 atom stereocenters. The molecule has 0 aromatic heterocycles. The fourth-order valence-electron chi connectivity index (χ4n) is 2.10. The van der Waals surface area contributed by atoms with Crippen molar-refractivity contribution in [1.82, 2.24) is 0 Å². The highest BCUT2D eigenvalue weighted by molar-refractivity contribution is 6.43. The molecule has 0 aliphatic carbocycles. The van der Waals surface area contributed by atoms with Gasteiger partial charge in [-0.25, -0.2) is 0 Å². The zero-order chi connectivity index (χ0) is 13.7. The van der Waals surface area contributed by atoms with Gasteiger partial charge in [-0.3, -0.25) is 0 Å². The smallest absolute Gasteiger partial charge is 0.0823 e. The first-order chi connectivity index (χ1) is 9.22. The van der Waals surface area contributed by atoms with Crippen molar-refractivity contribution >= 4 is 28.9 Å². The van der Waals surface area contributed by atoms with Crippen molar-refractivity contribution in [2.75, 3.05) is 5.32 Å². The van der Waals surface area contributed by atoms with Gasteiger partial charge >= 0.3 is 0 Å². The van der Waals surface area contributed by atoms with E-state index in [4.69, 9.17) is 23.2 Å². The molecule has 100 valence electrons. The zero-order valence-corrected chi connectivity index (χ0v) is 12.4. The molecule has 0 saturated heterocycles. The molecular formula is C16H17Cl2N. The molecule has 0 fully saturated rings. The molecule has 0 amide bonds. The number of rotatable bonds is 5. The van der Waals surface area contributed by atoms with Gasteiger partial charge in [0.15, 0.2) is 0 Å².